The Morgan fingerprint density at radius 2 is 2.20 bits per heavy atom. The Bertz CT molecular complexity index is 552. The second-order valence-electron chi connectivity index (χ2n) is 4.48. The third-order valence-electron chi connectivity index (χ3n) is 3.09. The Balaban J connectivity index is 2.14. The number of ether oxygens (including phenoxy) is 2. The Labute approximate surface area is 119 Å². The monoisotopic (exact) mass is 275 g/mol. The van der Waals surface area contributed by atoms with E-state index in [1.807, 2.05) is 35.3 Å². The first-order chi connectivity index (χ1) is 9.78. The number of benzene rings is 1. The zero-order valence-corrected chi connectivity index (χ0v) is 12.0. The van der Waals surface area contributed by atoms with Gasteiger partial charge in [-0.15, -0.1) is 0 Å². The third-order valence-corrected chi connectivity index (χ3v) is 3.09. The molecule has 0 aliphatic carbocycles. The molecule has 108 valence electrons. The van der Waals surface area contributed by atoms with Crippen molar-refractivity contribution in [3.63, 3.8) is 0 Å². The quantitative estimate of drug-likeness (QED) is 0.839. The molecule has 0 radical (unpaired) electrons. The standard InChI is InChI=1S/C15H21N3O2/c1-3-18-10-12(9-17-18)11-20-15-13(7-8-16)5-4-6-14(15)19-2/h4-6,9-10H,3,7-8,11,16H2,1-2H3. The predicted octanol–water partition coefficient (Wildman–Crippen LogP) is 1.99. The fourth-order valence-electron chi connectivity index (χ4n) is 2.05. The van der Waals surface area contributed by atoms with Gasteiger partial charge < -0.3 is 15.2 Å². The van der Waals surface area contributed by atoms with Crippen molar-refractivity contribution in [1.82, 2.24) is 9.78 Å². The van der Waals surface area contributed by atoms with Gasteiger partial charge in [0.05, 0.1) is 13.3 Å². The summed E-state index contributed by atoms with van der Waals surface area (Å²) in [5, 5.41) is 4.23. The van der Waals surface area contributed by atoms with Crippen molar-refractivity contribution in [2.24, 2.45) is 5.73 Å². The Kier molecular flexibility index (Phi) is 5.01. The molecule has 0 unspecified atom stereocenters. The molecular formula is C15H21N3O2. The number of aryl methyl sites for hydroxylation is 1. The molecular weight excluding hydrogens is 254 g/mol. The lowest BCUT2D eigenvalue weighted by molar-refractivity contribution is 0.281. The van der Waals surface area contributed by atoms with E-state index in [4.69, 9.17) is 15.2 Å². The highest BCUT2D eigenvalue weighted by Crippen LogP contribution is 2.31. The number of methoxy groups -OCH3 is 1. The second-order valence-corrected chi connectivity index (χ2v) is 4.48. The highest BCUT2D eigenvalue weighted by atomic mass is 16.5. The summed E-state index contributed by atoms with van der Waals surface area (Å²) in [4.78, 5) is 0. The van der Waals surface area contributed by atoms with Crippen molar-refractivity contribution >= 4 is 0 Å². The molecule has 20 heavy (non-hydrogen) atoms. The van der Waals surface area contributed by atoms with Crippen molar-refractivity contribution in [3.8, 4) is 11.5 Å². The molecule has 1 heterocycles. The van der Waals surface area contributed by atoms with Crippen molar-refractivity contribution in [3.05, 3.63) is 41.7 Å². The Hall–Kier alpha value is -2.01. The molecule has 0 saturated heterocycles. The molecule has 0 aliphatic rings. The first-order valence-corrected chi connectivity index (χ1v) is 6.78. The van der Waals surface area contributed by atoms with Crippen LogP contribution in [0.2, 0.25) is 0 Å². The third kappa shape index (κ3) is 3.30. The van der Waals surface area contributed by atoms with Gasteiger partial charge in [-0.1, -0.05) is 12.1 Å². The van der Waals surface area contributed by atoms with E-state index in [1.165, 1.54) is 0 Å². The Morgan fingerprint density at radius 3 is 2.85 bits per heavy atom. The maximum absolute atomic E-state index is 5.92. The number of nitrogens with two attached hydrogens (primary N) is 1. The fourth-order valence-corrected chi connectivity index (χ4v) is 2.05. The summed E-state index contributed by atoms with van der Waals surface area (Å²) in [5.74, 6) is 1.50. The maximum Gasteiger partial charge on any atom is 0.164 e. The van der Waals surface area contributed by atoms with E-state index in [-0.39, 0.29) is 0 Å². The van der Waals surface area contributed by atoms with Gasteiger partial charge in [-0.05, 0) is 31.5 Å². The van der Waals surface area contributed by atoms with Crippen LogP contribution in [-0.4, -0.2) is 23.4 Å². The zero-order valence-electron chi connectivity index (χ0n) is 12.0. The van der Waals surface area contributed by atoms with Crippen molar-refractivity contribution in [1.29, 1.82) is 0 Å². The number of para-hydroxylation sites is 1. The summed E-state index contributed by atoms with van der Waals surface area (Å²) in [7, 11) is 1.64. The molecule has 2 aromatic rings. The lowest BCUT2D eigenvalue weighted by Crippen LogP contribution is -2.06. The van der Waals surface area contributed by atoms with E-state index >= 15 is 0 Å². The molecule has 2 N–H and O–H groups in total. The first-order valence-electron chi connectivity index (χ1n) is 6.78. The Morgan fingerprint density at radius 1 is 1.35 bits per heavy atom. The lowest BCUT2D eigenvalue weighted by Gasteiger charge is -2.14. The summed E-state index contributed by atoms with van der Waals surface area (Å²) < 4.78 is 13.2. The number of nitrogens with zero attached hydrogens (tertiary/aromatic N) is 2. The SMILES string of the molecule is CCn1cc(COc2c(CCN)cccc2OC)cn1. The maximum atomic E-state index is 5.92. The average molecular weight is 275 g/mol. The van der Waals surface area contributed by atoms with Crippen LogP contribution < -0.4 is 15.2 Å². The van der Waals surface area contributed by atoms with E-state index in [0.717, 1.165) is 35.6 Å². The summed E-state index contributed by atoms with van der Waals surface area (Å²) in [6, 6.07) is 5.86. The highest BCUT2D eigenvalue weighted by molar-refractivity contribution is 5.46. The molecule has 0 fully saturated rings. The normalized spacial score (nSPS) is 10.6. The topological polar surface area (TPSA) is 62.3 Å². The van der Waals surface area contributed by atoms with Gasteiger partial charge in [-0.2, -0.15) is 5.10 Å². The minimum Gasteiger partial charge on any atom is -0.493 e. The molecule has 0 bridgehead atoms. The van der Waals surface area contributed by atoms with Gasteiger partial charge in [0.1, 0.15) is 6.61 Å². The van der Waals surface area contributed by atoms with Crippen molar-refractivity contribution in [2.75, 3.05) is 13.7 Å². The molecule has 0 saturated carbocycles. The zero-order chi connectivity index (χ0) is 14.4. The smallest absolute Gasteiger partial charge is 0.164 e. The summed E-state index contributed by atoms with van der Waals surface area (Å²) >= 11 is 0. The number of rotatable bonds is 7. The van der Waals surface area contributed by atoms with E-state index < -0.39 is 0 Å². The predicted molar refractivity (Wildman–Crippen MR) is 78.0 cm³/mol. The van der Waals surface area contributed by atoms with Crippen LogP contribution in [0.1, 0.15) is 18.1 Å². The summed E-state index contributed by atoms with van der Waals surface area (Å²) in [6.07, 6.45) is 4.57. The molecule has 0 amide bonds. The van der Waals surface area contributed by atoms with Crippen LogP contribution in [-0.2, 0) is 19.6 Å². The van der Waals surface area contributed by atoms with Crippen LogP contribution in [0, 0.1) is 0 Å². The van der Waals surface area contributed by atoms with E-state index in [0.29, 0.717) is 13.2 Å². The van der Waals surface area contributed by atoms with Crippen LogP contribution >= 0.6 is 0 Å². The summed E-state index contributed by atoms with van der Waals surface area (Å²) in [5.41, 5.74) is 7.74. The highest BCUT2D eigenvalue weighted by Gasteiger charge is 2.10. The van der Waals surface area contributed by atoms with Crippen LogP contribution in [0.4, 0.5) is 0 Å². The van der Waals surface area contributed by atoms with Gasteiger partial charge in [0, 0.05) is 18.3 Å². The molecule has 1 aromatic heterocycles. The van der Waals surface area contributed by atoms with E-state index in [9.17, 15) is 0 Å². The minimum absolute atomic E-state index is 0.470. The van der Waals surface area contributed by atoms with Gasteiger partial charge in [0.2, 0.25) is 0 Å². The molecule has 1 aromatic carbocycles. The molecule has 0 atom stereocenters. The van der Waals surface area contributed by atoms with Gasteiger partial charge >= 0.3 is 0 Å². The summed E-state index contributed by atoms with van der Waals surface area (Å²) in [6.45, 7) is 3.96. The molecule has 0 spiro atoms. The minimum atomic E-state index is 0.470. The average Bonchev–Trinajstić information content (AvgIpc) is 2.94. The first kappa shape index (κ1) is 14.4. The molecule has 5 heteroatoms. The van der Waals surface area contributed by atoms with Crippen LogP contribution in [0.3, 0.4) is 0 Å². The van der Waals surface area contributed by atoms with Crippen LogP contribution in [0.25, 0.3) is 0 Å². The van der Waals surface area contributed by atoms with Gasteiger partial charge in [0.25, 0.3) is 0 Å². The number of hydrogen-bond donors (Lipinski definition) is 1. The lowest BCUT2D eigenvalue weighted by atomic mass is 10.1. The van der Waals surface area contributed by atoms with Crippen LogP contribution in [0.5, 0.6) is 11.5 Å². The van der Waals surface area contributed by atoms with Gasteiger partial charge in [-0.25, -0.2) is 0 Å². The van der Waals surface area contributed by atoms with Crippen molar-refractivity contribution in [2.45, 2.75) is 26.5 Å². The molecule has 0 aliphatic heterocycles. The van der Waals surface area contributed by atoms with E-state index in [1.54, 1.807) is 7.11 Å². The van der Waals surface area contributed by atoms with Crippen LogP contribution in [0.15, 0.2) is 30.6 Å². The number of aromatic nitrogens is 2. The fraction of sp³-hybridized carbons (Fsp3) is 0.400. The second kappa shape index (κ2) is 6.96. The molecule has 2 rings (SSSR count). The van der Waals surface area contributed by atoms with Gasteiger partial charge in [-0.3, -0.25) is 4.68 Å². The van der Waals surface area contributed by atoms with Gasteiger partial charge in [0.15, 0.2) is 11.5 Å². The van der Waals surface area contributed by atoms with Crippen molar-refractivity contribution < 1.29 is 9.47 Å². The van der Waals surface area contributed by atoms with E-state index in [2.05, 4.69) is 12.0 Å². The number of hydrogen-bond acceptors (Lipinski definition) is 4. The largest absolute Gasteiger partial charge is 0.493 e. The molecule has 5 nitrogen and oxygen atoms in total.